The number of benzene rings is 1. The first-order chi connectivity index (χ1) is 9.49. The summed E-state index contributed by atoms with van der Waals surface area (Å²) in [5, 5.41) is 14.0. The summed E-state index contributed by atoms with van der Waals surface area (Å²) in [7, 11) is 0. The molecule has 0 aliphatic rings. The average Bonchev–Trinajstić information content (AvgIpc) is 2.84. The molecule has 0 spiro atoms. The molecule has 1 aromatic carbocycles. The Morgan fingerprint density at radius 2 is 2.05 bits per heavy atom. The van der Waals surface area contributed by atoms with E-state index in [1.54, 1.807) is 6.92 Å². The van der Waals surface area contributed by atoms with Crippen LogP contribution < -0.4 is 4.74 Å². The highest BCUT2D eigenvalue weighted by Gasteiger charge is 2.12. The number of hydrogen-bond acceptors (Lipinski definition) is 4. The normalized spacial score (nSPS) is 12.7. The molecule has 1 N–H and O–H groups in total. The number of aryl methyl sites for hydroxylation is 1. The SMILES string of the molecule is Cc1ccc([C@H](C)O)c(OCc2ncnn2C(C)C)c1. The van der Waals surface area contributed by atoms with Crippen LogP contribution in [0.25, 0.3) is 0 Å². The molecule has 0 bridgehead atoms. The van der Waals surface area contributed by atoms with Crippen molar-refractivity contribution in [2.45, 2.75) is 46.4 Å². The smallest absolute Gasteiger partial charge is 0.165 e. The Morgan fingerprint density at radius 1 is 1.30 bits per heavy atom. The molecule has 1 atom stereocenters. The van der Waals surface area contributed by atoms with Gasteiger partial charge in [-0.25, -0.2) is 9.67 Å². The van der Waals surface area contributed by atoms with E-state index in [0.717, 1.165) is 17.0 Å². The van der Waals surface area contributed by atoms with Gasteiger partial charge in [-0.3, -0.25) is 0 Å². The standard InChI is InChI=1S/C15H21N3O2/c1-10(2)18-15(16-9-17-18)8-20-14-7-11(3)5-6-13(14)12(4)19/h5-7,9-10,12,19H,8H2,1-4H3/t12-/m0/s1. The van der Waals surface area contributed by atoms with E-state index < -0.39 is 6.10 Å². The first kappa shape index (κ1) is 14.5. The van der Waals surface area contributed by atoms with Gasteiger partial charge in [0.1, 0.15) is 18.7 Å². The molecule has 2 rings (SSSR count). The van der Waals surface area contributed by atoms with Crippen LogP contribution in [-0.4, -0.2) is 19.9 Å². The largest absolute Gasteiger partial charge is 0.485 e. The Bertz CT molecular complexity index is 576. The third-order valence-corrected chi connectivity index (χ3v) is 3.11. The van der Waals surface area contributed by atoms with Gasteiger partial charge in [0.2, 0.25) is 0 Å². The Hall–Kier alpha value is -1.88. The van der Waals surface area contributed by atoms with E-state index in [1.807, 2.05) is 43.7 Å². The van der Waals surface area contributed by atoms with Crippen LogP contribution in [0.15, 0.2) is 24.5 Å². The zero-order chi connectivity index (χ0) is 14.7. The number of ether oxygens (including phenoxy) is 1. The minimum atomic E-state index is -0.562. The summed E-state index contributed by atoms with van der Waals surface area (Å²) in [6, 6.07) is 6.02. The third kappa shape index (κ3) is 3.17. The number of nitrogens with zero attached hydrogens (tertiary/aromatic N) is 3. The molecule has 0 amide bonds. The fraction of sp³-hybridized carbons (Fsp3) is 0.467. The van der Waals surface area contributed by atoms with Crippen molar-refractivity contribution in [3.8, 4) is 5.75 Å². The molecule has 0 aliphatic heterocycles. The summed E-state index contributed by atoms with van der Waals surface area (Å²) in [5.74, 6) is 1.47. The van der Waals surface area contributed by atoms with Crippen LogP contribution >= 0.6 is 0 Å². The fourth-order valence-electron chi connectivity index (χ4n) is 2.06. The Labute approximate surface area is 119 Å². The first-order valence-electron chi connectivity index (χ1n) is 6.79. The van der Waals surface area contributed by atoms with Gasteiger partial charge < -0.3 is 9.84 Å². The van der Waals surface area contributed by atoms with Gasteiger partial charge in [-0.2, -0.15) is 5.10 Å². The monoisotopic (exact) mass is 275 g/mol. The molecule has 0 fully saturated rings. The second kappa shape index (κ2) is 6.05. The Kier molecular flexibility index (Phi) is 4.39. The van der Waals surface area contributed by atoms with Gasteiger partial charge in [0, 0.05) is 11.6 Å². The molecule has 20 heavy (non-hydrogen) atoms. The van der Waals surface area contributed by atoms with Crippen LogP contribution in [0, 0.1) is 6.92 Å². The molecule has 2 aromatic rings. The summed E-state index contributed by atoms with van der Waals surface area (Å²) in [5.41, 5.74) is 1.88. The number of aromatic nitrogens is 3. The lowest BCUT2D eigenvalue weighted by atomic mass is 10.1. The van der Waals surface area contributed by atoms with Gasteiger partial charge in [-0.05, 0) is 39.3 Å². The lowest BCUT2D eigenvalue weighted by Crippen LogP contribution is -2.11. The molecule has 1 aromatic heterocycles. The van der Waals surface area contributed by atoms with Crippen LogP contribution in [0.4, 0.5) is 0 Å². The van der Waals surface area contributed by atoms with Gasteiger partial charge in [0.05, 0.1) is 6.10 Å². The second-order valence-corrected chi connectivity index (χ2v) is 5.22. The van der Waals surface area contributed by atoms with Crippen molar-refractivity contribution in [3.63, 3.8) is 0 Å². The third-order valence-electron chi connectivity index (χ3n) is 3.11. The minimum Gasteiger partial charge on any atom is -0.485 e. The second-order valence-electron chi connectivity index (χ2n) is 5.22. The molecule has 0 saturated carbocycles. The highest BCUT2D eigenvalue weighted by atomic mass is 16.5. The lowest BCUT2D eigenvalue weighted by Gasteiger charge is -2.15. The highest BCUT2D eigenvalue weighted by molar-refractivity contribution is 5.38. The summed E-state index contributed by atoms with van der Waals surface area (Å²) in [4.78, 5) is 4.21. The van der Waals surface area contributed by atoms with Crippen LogP contribution in [0.1, 0.15) is 49.9 Å². The fourth-order valence-corrected chi connectivity index (χ4v) is 2.06. The van der Waals surface area contributed by atoms with Gasteiger partial charge in [0.15, 0.2) is 5.82 Å². The van der Waals surface area contributed by atoms with Gasteiger partial charge in [0.25, 0.3) is 0 Å². The summed E-state index contributed by atoms with van der Waals surface area (Å²) >= 11 is 0. The molecule has 108 valence electrons. The molecule has 5 nitrogen and oxygen atoms in total. The predicted octanol–water partition coefficient (Wildman–Crippen LogP) is 2.80. The molecule has 0 radical (unpaired) electrons. The van der Waals surface area contributed by atoms with Crippen molar-refractivity contribution in [1.82, 2.24) is 14.8 Å². The quantitative estimate of drug-likeness (QED) is 0.911. The van der Waals surface area contributed by atoms with E-state index in [4.69, 9.17) is 4.74 Å². The van der Waals surface area contributed by atoms with Crippen LogP contribution in [0.5, 0.6) is 5.75 Å². The van der Waals surface area contributed by atoms with E-state index >= 15 is 0 Å². The van der Waals surface area contributed by atoms with Crippen LogP contribution in [0.3, 0.4) is 0 Å². The Balaban J connectivity index is 2.18. The van der Waals surface area contributed by atoms with Crippen molar-refractivity contribution < 1.29 is 9.84 Å². The molecule has 5 heteroatoms. The van der Waals surface area contributed by atoms with Gasteiger partial charge in [-0.1, -0.05) is 12.1 Å². The maximum Gasteiger partial charge on any atom is 0.165 e. The van der Waals surface area contributed by atoms with Crippen molar-refractivity contribution in [2.24, 2.45) is 0 Å². The molecule has 0 unspecified atom stereocenters. The molecular weight excluding hydrogens is 254 g/mol. The zero-order valence-electron chi connectivity index (χ0n) is 12.4. The number of rotatable bonds is 5. The van der Waals surface area contributed by atoms with Crippen molar-refractivity contribution >= 4 is 0 Å². The summed E-state index contributed by atoms with van der Waals surface area (Å²) in [6.07, 6.45) is 0.971. The summed E-state index contributed by atoms with van der Waals surface area (Å²) in [6.45, 7) is 8.16. The number of hydrogen-bond donors (Lipinski definition) is 1. The average molecular weight is 275 g/mol. The minimum absolute atomic E-state index is 0.241. The molecule has 1 heterocycles. The van der Waals surface area contributed by atoms with E-state index in [0.29, 0.717) is 12.4 Å². The maximum absolute atomic E-state index is 9.78. The van der Waals surface area contributed by atoms with E-state index in [1.165, 1.54) is 6.33 Å². The highest BCUT2D eigenvalue weighted by Crippen LogP contribution is 2.27. The van der Waals surface area contributed by atoms with E-state index in [9.17, 15) is 5.11 Å². The van der Waals surface area contributed by atoms with Crippen LogP contribution in [-0.2, 0) is 6.61 Å². The predicted molar refractivity (Wildman–Crippen MR) is 76.6 cm³/mol. The molecule has 0 saturated heterocycles. The molecule has 0 aliphatic carbocycles. The number of aliphatic hydroxyl groups is 1. The maximum atomic E-state index is 9.78. The lowest BCUT2D eigenvalue weighted by molar-refractivity contribution is 0.188. The van der Waals surface area contributed by atoms with Crippen molar-refractivity contribution in [3.05, 3.63) is 41.5 Å². The van der Waals surface area contributed by atoms with E-state index in [2.05, 4.69) is 10.1 Å². The van der Waals surface area contributed by atoms with Gasteiger partial charge >= 0.3 is 0 Å². The first-order valence-corrected chi connectivity index (χ1v) is 6.79. The van der Waals surface area contributed by atoms with Gasteiger partial charge in [-0.15, -0.1) is 0 Å². The van der Waals surface area contributed by atoms with Crippen molar-refractivity contribution in [1.29, 1.82) is 0 Å². The van der Waals surface area contributed by atoms with Crippen LogP contribution in [0.2, 0.25) is 0 Å². The topological polar surface area (TPSA) is 60.2 Å². The molecular formula is C15H21N3O2. The Morgan fingerprint density at radius 3 is 2.70 bits per heavy atom. The zero-order valence-corrected chi connectivity index (χ0v) is 12.4. The summed E-state index contributed by atoms with van der Waals surface area (Å²) < 4.78 is 7.66. The van der Waals surface area contributed by atoms with Crippen molar-refractivity contribution in [2.75, 3.05) is 0 Å². The number of aliphatic hydroxyl groups excluding tert-OH is 1. The van der Waals surface area contributed by atoms with E-state index in [-0.39, 0.29) is 6.04 Å².